The number of para-hydroxylation sites is 1. The minimum absolute atomic E-state index is 0.157. The molecule has 0 spiro atoms. The lowest BCUT2D eigenvalue weighted by Crippen LogP contribution is -2.12. The van der Waals surface area contributed by atoms with Gasteiger partial charge >= 0.3 is 0 Å². The third kappa shape index (κ3) is 2.38. The Morgan fingerprint density at radius 1 is 0.850 bits per heavy atom. The quantitative estimate of drug-likeness (QED) is 0.722. The number of halogens is 1. The van der Waals surface area contributed by atoms with Crippen molar-refractivity contribution in [2.75, 3.05) is 5.32 Å². The first-order chi connectivity index (χ1) is 9.75. The first-order valence-corrected chi connectivity index (χ1v) is 6.67. The highest BCUT2D eigenvalue weighted by atomic mass is 35.5. The van der Waals surface area contributed by atoms with Crippen molar-refractivity contribution in [3.05, 3.63) is 77.3 Å². The smallest absolute Gasteiger partial charge is 0.256 e. The Hall–Kier alpha value is -2.32. The van der Waals surface area contributed by atoms with Crippen LogP contribution in [0.4, 0.5) is 5.69 Å². The molecule has 0 unspecified atom stereocenters. The SMILES string of the molecule is O=C(Nc1ccccc1Cl)c1cccc2ccccc12. The standard InChI is InChI=1S/C17H12ClNO/c18-15-10-3-4-11-16(15)19-17(20)14-9-5-7-12-6-1-2-8-13(12)14/h1-11H,(H,19,20). The average molecular weight is 282 g/mol. The molecule has 3 heteroatoms. The lowest BCUT2D eigenvalue weighted by atomic mass is 10.0. The average Bonchev–Trinajstić information content (AvgIpc) is 2.49. The minimum Gasteiger partial charge on any atom is -0.321 e. The third-order valence-corrected chi connectivity index (χ3v) is 3.49. The molecule has 3 aromatic carbocycles. The summed E-state index contributed by atoms with van der Waals surface area (Å²) in [4.78, 5) is 12.4. The number of fused-ring (bicyclic) bond motifs is 1. The van der Waals surface area contributed by atoms with Crippen molar-refractivity contribution in [1.29, 1.82) is 0 Å². The predicted molar refractivity (Wildman–Crippen MR) is 83.4 cm³/mol. The minimum atomic E-state index is -0.157. The van der Waals surface area contributed by atoms with Crippen molar-refractivity contribution in [2.24, 2.45) is 0 Å². The van der Waals surface area contributed by atoms with Gasteiger partial charge in [-0.25, -0.2) is 0 Å². The van der Waals surface area contributed by atoms with Crippen LogP contribution in [0.25, 0.3) is 10.8 Å². The van der Waals surface area contributed by atoms with Gasteiger partial charge in [0.2, 0.25) is 0 Å². The molecule has 0 aromatic heterocycles. The normalized spacial score (nSPS) is 10.4. The van der Waals surface area contributed by atoms with E-state index in [-0.39, 0.29) is 5.91 Å². The Labute approximate surface area is 122 Å². The molecular formula is C17H12ClNO. The van der Waals surface area contributed by atoms with E-state index in [4.69, 9.17) is 11.6 Å². The second-order valence-electron chi connectivity index (χ2n) is 4.46. The first-order valence-electron chi connectivity index (χ1n) is 6.29. The Kier molecular flexibility index (Phi) is 3.40. The molecule has 2 nitrogen and oxygen atoms in total. The van der Waals surface area contributed by atoms with Gasteiger partial charge in [-0.2, -0.15) is 0 Å². The van der Waals surface area contributed by atoms with Gasteiger partial charge in [-0.05, 0) is 29.0 Å². The second kappa shape index (κ2) is 5.35. The van der Waals surface area contributed by atoms with E-state index < -0.39 is 0 Å². The maximum Gasteiger partial charge on any atom is 0.256 e. The molecular weight excluding hydrogens is 270 g/mol. The summed E-state index contributed by atoms with van der Waals surface area (Å²) in [6.07, 6.45) is 0. The lowest BCUT2D eigenvalue weighted by molar-refractivity contribution is 0.102. The van der Waals surface area contributed by atoms with E-state index in [1.807, 2.05) is 54.6 Å². The van der Waals surface area contributed by atoms with E-state index in [0.717, 1.165) is 10.8 Å². The van der Waals surface area contributed by atoms with Gasteiger partial charge in [-0.1, -0.05) is 60.1 Å². The number of benzene rings is 3. The van der Waals surface area contributed by atoms with Crippen molar-refractivity contribution < 1.29 is 4.79 Å². The number of amides is 1. The Balaban J connectivity index is 1.99. The van der Waals surface area contributed by atoms with Crippen LogP contribution in [0.1, 0.15) is 10.4 Å². The molecule has 0 saturated carbocycles. The highest BCUT2D eigenvalue weighted by Crippen LogP contribution is 2.23. The zero-order valence-electron chi connectivity index (χ0n) is 10.6. The van der Waals surface area contributed by atoms with E-state index in [9.17, 15) is 4.79 Å². The summed E-state index contributed by atoms with van der Waals surface area (Å²) in [5.74, 6) is -0.157. The maximum absolute atomic E-state index is 12.4. The van der Waals surface area contributed by atoms with Gasteiger partial charge in [-0.15, -0.1) is 0 Å². The van der Waals surface area contributed by atoms with Gasteiger partial charge in [0.15, 0.2) is 0 Å². The van der Waals surface area contributed by atoms with E-state index in [1.165, 1.54) is 0 Å². The van der Waals surface area contributed by atoms with Crippen molar-refractivity contribution in [1.82, 2.24) is 0 Å². The summed E-state index contributed by atoms with van der Waals surface area (Å²) in [5, 5.41) is 5.35. The van der Waals surface area contributed by atoms with Crippen LogP contribution in [0, 0.1) is 0 Å². The largest absolute Gasteiger partial charge is 0.321 e. The van der Waals surface area contributed by atoms with Gasteiger partial charge in [0, 0.05) is 5.56 Å². The van der Waals surface area contributed by atoms with Gasteiger partial charge < -0.3 is 5.32 Å². The molecule has 3 aromatic rings. The highest BCUT2D eigenvalue weighted by molar-refractivity contribution is 6.34. The number of rotatable bonds is 2. The van der Waals surface area contributed by atoms with Crippen molar-refractivity contribution in [3.63, 3.8) is 0 Å². The first kappa shape index (κ1) is 12.7. The summed E-state index contributed by atoms with van der Waals surface area (Å²) in [6.45, 7) is 0. The molecule has 1 amide bonds. The van der Waals surface area contributed by atoms with Crippen LogP contribution >= 0.6 is 11.6 Å². The van der Waals surface area contributed by atoms with E-state index >= 15 is 0 Å². The third-order valence-electron chi connectivity index (χ3n) is 3.16. The number of nitrogens with one attached hydrogen (secondary N) is 1. The molecule has 0 aliphatic rings. The van der Waals surface area contributed by atoms with Crippen LogP contribution in [-0.2, 0) is 0 Å². The summed E-state index contributed by atoms with van der Waals surface area (Å²) in [5.41, 5.74) is 1.26. The summed E-state index contributed by atoms with van der Waals surface area (Å²) in [7, 11) is 0. The number of hydrogen-bond donors (Lipinski definition) is 1. The summed E-state index contributed by atoms with van der Waals surface area (Å²) in [6, 6.07) is 20.7. The lowest BCUT2D eigenvalue weighted by Gasteiger charge is -2.09. The molecule has 0 atom stereocenters. The summed E-state index contributed by atoms with van der Waals surface area (Å²) >= 11 is 6.06. The highest BCUT2D eigenvalue weighted by Gasteiger charge is 2.11. The van der Waals surface area contributed by atoms with Gasteiger partial charge in [0.25, 0.3) is 5.91 Å². The molecule has 98 valence electrons. The Morgan fingerprint density at radius 3 is 2.40 bits per heavy atom. The fraction of sp³-hybridized carbons (Fsp3) is 0. The Morgan fingerprint density at radius 2 is 1.55 bits per heavy atom. The fourth-order valence-electron chi connectivity index (χ4n) is 2.18. The topological polar surface area (TPSA) is 29.1 Å². The Bertz CT molecular complexity index is 777. The zero-order chi connectivity index (χ0) is 13.9. The zero-order valence-corrected chi connectivity index (χ0v) is 11.4. The van der Waals surface area contributed by atoms with Crippen molar-refractivity contribution >= 4 is 34.0 Å². The van der Waals surface area contributed by atoms with Crippen LogP contribution in [-0.4, -0.2) is 5.91 Å². The monoisotopic (exact) mass is 281 g/mol. The van der Waals surface area contributed by atoms with Crippen molar-refractivity contribution in [3.8, 4) is 0 Å². The number of anilines is 1. The van der Waals surface area contributed by atoms with Crippen LogP contribution in [0.2, 0.25) is 5.02 Å². The molecule has 1 N–H and O–H groups in total. The van der Waals surface area contributed by atoms with Gasteiger partial charge in [0.1, 0.15) is 0 Å². The fourth-order valence-corrected chi connectivity index (χ4v) is 2.36. The van der Waals surface area contributed by atoms with Crippen LogP contribution < -0.4 is 5.32 Å². The van der Waals surface area contributed by atoms with Crippen molar-refractivity contribution in [2.45, 2.75) is 0 Å². The predicted octanol–water partition coefficient (Wildman–Crippen LogP) is 4.75. The van der Waals surface area contributed by atoms with Gasteiger partial charge in [0.05, 0.1) is 10.7 Å². The number of carbonyl (C=O) groups is 1. The molecule has 0 aliphatic heterocycles. The maximum atomic E-state index is 12.4. The van der Waals surface area contributed by atoms with E-state index in [1.54, 1.807) is 12.1 Å². The molecule has 20 heavy (non-hydrogen) atoms. The molecule has 0 aliphatic carbocycles. The van der Waals surface area contributed by atoms with E-state index in [0.29, 0.717) is 16.3 Å². The molecule has 0 fully saturated rings. The molecule has 0 radical (unpaired) electrons. The van der Waals surface area contributed by atoms with Crippen LogP contribution in [0.5, 0.6) is 0 Å². The summed E-state index contributed by atoms with van der Waals surface area (Å²) < 4.78 is 0. The van der Waals surface area contributed by atoms with Gasteiger partial charge in [-0.3, -0.25) is 4.79 Å². The molecule has 0 saturated heterocycles. The number of hydrogen-bond acceptors (Lipinski definition) is 1. The number of carbonyl (C=O) groups excluding carboxylic acids is 1. The van der Waals surface area contributed by atoms with Crippen LogP contribution in [0.15, 0.2) is 66.7 Å². The molecule has 0 bridgehead atoms. The molecule has 0 heterocycles. The second-order valence-corrected chi connectivity index (χ2v) is 4.87. The van der Waals surface area contributed by atoms with Crippen LogP contribution in [0.3, 0.4) is 0 Å². The van der Waals surface area contributed by atoms with E-state index in [2.05, 4.69) is 5.32 Å². The molecule has 3 rings (SSSR count).